The number of nitrogens with zero attached hydrogens (tertiary/aromatic N) is 2. The zero-order chi connectivity index (χ0) is 12.8. The van der Waals surface area contributed by atoms with Crippen molar-refractivity contribution < 1.29 is 4.79 Å². The molecule has 0 fully saturated rings. The highest BCUT2D eigenvalue weighted by atomic mass is 32.2. The van der Waals surface area contributed by atoms with Gasteiger partial charge in [0.1, 0.15) is 0 Å². The van der Waals surface area contributed by atoms with E-state index in [2.05, 4.69) is 22.5 Å². The lowest BCUT2D eigenvalue weighted by Gasteiger charge is -2.03. The van der Waals surface area contributed by atoms with Crippen LogP contribution in [0.4, 0.5) is 0 Å². The molecule has 0 radical (unpaired) electrons. The smallest absolute Gasteiger partial charge is 0.254 e. The molecule has 0 aliphatic rings. The van der Waals surface area contributed by atoms with Crippen molar-refractivity contribution in [3.8, 4) is 0 Å². The Labute approximate surface area is 110 Å². The molecule has 0 saturated heterocycles. The van der Waals surface area contributed by atoms with Gasteiger partial charge in [0.25, 0.3) is 5.91 Å². The normalized spacial score (nSPS) is 10.3. The van der Waals surface area contributed by atoms with E-state index in [1.807, 2.05) is 18.2 Å². The minimum Gasteiger partial charge on any atom is -0.351 e. The number of thioether (sulfide) groups is 1. The molecule has 1 aromatic heterocycles. The Morgan fingerprint density at radius 2 is 2.17 bits per heavy atom. The molecule has 0 spiro atoms. The lowest BCUT2D eigenvalue weighted by molar-refractivity contribution is 0.0956. The van der Waals surface area contributed by atoms with Crippen molar-refractivity contribution in [3.05, 3.63) is 48.3 Å². The van der Waals surface area contributed by atoms with E-state index in [0.717, 1.165) is 5.75 Å². The molecular formula is C13H15N3OS. The maximum Gasteiger partial charge on any atom is 0.254 e. The molecule has 0 saturated carbocycles. The predicted octanol–water partition coefficient (Wildman–Crippen LogP) is 1.94. The van der Waals surface area contributed by atoms with E-state index in [0.29, 0.717) is 12.1 Å². The molecule has 2 rings (SSSR count). The van der Waals surface area contributed by atoms with Gasteiger partial charge in [0, 0.05) is 30.4 Å². The van der Waals surface area contributed by atoms with Gasteiger partial charge >= 0.3 is 0 Å². The fraction of sp³-hybridized carbons (Fsp3) is 0.231. The molecule has 5 heteroatoms. The van der Waals surface area contributed by atoms with Crippen LogP contribution in [0.1, 0.15) is 10.4 Å². The molecule has 2 aromatic rings. The van der Waals surface area contributed by atoms with Crippen molar-refractivity contribution in [1.29, 1.82) is 0 Å². The Hall–Kier alpha value is -1.75. The van der Waals surface area contributed by atoms with E-state index < -0.39 is 0 Å². The minimum atomic E-state index is -0.0724. The summed E-state index contributed by atoms with van der Waals surface area (Å²) in [5, 5.41) is 6.83. The third-order valence-electron chi connectivity index (χ3n) is 2.37. The van der Waals surface area contributed by atoms with Crippen LogP contribution in [0.2, 0.25) is 0 Å². The second kappa shape index (κ2) is 6.26. The van der Waals surface area contributed by atoms with E-state index in [4.69, 9.17) is 0 Å². The summed E-state index contributed by atoms with van der Waals surface area (Å²) in [7, 11) is 1.79. The van der Waals surface area contributed by atoms with E-state index in [-0.39, 0.29) is 5.91 Å². The van der Waals surface area contributed by atoms with Gasteiger partial charge in [-0.15, -0.1) is 11.8 Å². The molecule has 4 nitrogen and oxygen atoms in total. The summed E-state index contributed by atoms with van der Waals surface area (Å²) >= 11 is 1.73. The highest BCUT2D eigenvalue weighted by molar-refractivity contribution is 7.99. The van der Waals surface area contributed by atoms with Gasteiger partial charge in [-0.2, -0.15) is 5.10 Å². The van der Waals surface area contributed by atoms with Crippen molar-refractivity contribution in [2.24, 2.45) is 7.05 Å². The molecule has 0 atom stereocenters. The molecule has 1 heterocycles. The van der Waals surface area contributed by atoms with Crippen molar-refractivity contribution in [1.82, 2.24) is 15.1 Å². The highest BCUT2D eigenvalue weighted by Gasteiger charge is 2.06. The second-order valence-electron chi connectivity index (χ2n) is 3.82. The molecule has 1 aromatic carbocycles. The Bertz CT molecular complexity index is 510. The monoisotopic (exact) mass is 261 g/mol. The molecule has 18 heavy (non-hydrogen) atoms. The quantitative estimate of drug-likeness (QED) is 0.661. The number of carbonyl (C=O) groups excluding carboxylic acids is 1. The van der Waals surface area contributed by atoms with Gasteiger partial charge < -0.3 is 5.32 Å². The number of hydrogen-bond acceptors (Lipinski definition) is 3. The number of hydrogen-bond donors (Lipinski definition) is 1. The molecule has 0 bridgehead atoms. The number of aryl methyl sites for hydroxylation is 1. The highest BCUT2D eigenvalue weighted by Crippen LogP contribution is 2.15. The topological polar surface area (TPSA) is 46.9 Å². The number of rotatable bonds is 5. The first-order chi connectivity index (χ1) is 8.75. The average Bonchev–Trinajstić information content (AvgIpc) is 2.82. The van der Waals surface area contributed by atoms with Crippen LogP contribution in [0, 0.1) is 0 Å². The van der Waals surface area contributed by atoms with Gasteiger partial charge in [-0.1, -0.05) is 18.2 Å². The molecular weight excluding hydrogens is 246 g/mol. The first-order valence-corrected chi connectivity index (χ1v) is 6.69. The van der Waals surface area contributed by atoms with Crippen molar-refractivity contribution >= 4 is 17.7 Å². The van der Waals surface area contributed by atoms with Crippen molar-refractivity contribution in [2.75, 3.05) is 12.3 Å². The largest absolute Gasteiger partial charge is 0.351 e. The lowest BCUT2D eigenvalue weighted by atomic mass is 10.3. The van der Waals surface area contributed by atoms with Crippen LogP contribution in [-0.4, -0.2) is 28.0 Å². The average molecular weight is 261 g/mol. The third-order valence-corrected chi connectivity index (χ3v) is 3.38. The second-order valence-corrected chi connectivity index (χ2v) is 4.99. The van der Waals surface area contributed by atoms with Gasteiger partial charge in [0.05, 0.1) is 11.8 Å². The zero-order valence-corrected chi connectivity index (χ0v) is 11.0. The van der Waals surface area contributed by atoms with Crippen LogP contribution in [0.5, 0.6) is 0 Å². The lowest BCUT2D eigenvalue weighted by Crippen LogP contribution is -2.25. The third kappa shape index (κ3) is 3.63. The number of nitrogens with one attached hydrogen (secondary N) is 1. The summed E-state index contributed by atoms with van der Waals surface area (Å²) in [4.78, 5) is 12.9. The molecule has 0 aliphatic carbocycles. The Morgan fingerprint density at radius 3 is 2.83 bits per heavy atom. The Balaban J connectivity index is 1.71. The summed E-state index contributed by atoms with van der Waals surface area (Å²) in [5.41, 5.74) is 0.599. The fourth-order valence-electron chi connectivity index (χ4n) is 1.49. The summed E-state index contributed by atoms with van der Waals surface area (Å²) < 4.78 is 1.62. The first kappa shape index (κ1) is 12.7. The molecule has 1 N–H and O–H groups in total. The van der Waals surface area contributed by atoms with Crippen LogP contribution >= 0.6 is 11.8 Å². The summed E-state index contributed by atoms with van der Waals surface area (Å²) in [5.74, 6) is 0.785. The van der Waals surface area contributed by atoms with Gasteiger partial charge in [-0.05, 0) is 12.1 Å². The first-order valence-electron chi connectivity index (χ1n) is 5.70. The van der Waals surface area contributed by atoms with Gasteiger partial charge in [0.15, 0.2) is 0 Å². The molecule has 0 aliphatic heterocycles. The van der Waals surface area contributed by atoms with E-state index in [1.54, 1.807) is 35.9 Å². The standard InChI is InChI=1S/C13H15N3OS/c1-16-10-11(9-15-16)13(17)14-7-8-18-12-5-3-2-4-6-12/h2-6,9-10H,7-8H2,1H3,(H,14,17). The van der Waals surface area contributed by atoms with E-state index in [9.17, 15) is 4.79 Å². The van der Waals surface area contributed by atoms with Crippen LogP contribution < -0.4 is 5.32 Å². The number of benzene rings is 1. The van der Waals surface area contributed by atoms with Crippen molar-refractivity contribution in [2.45, 2.75) is 4.90 Å². The number of aromatic nitrogens is 2. The fourth-order valence-corrected chi connectivity index (χ4v) is 2.28. The molecule has 1 amide bonds. The van der Waals surface area contributed by atoms with Crippen molar-refractivity contribution in [3.63, 3.8) is 0 Å². The van der Waals surface area contributed by atoms with Crippen LogP contribution in [-0.2, 0) is 7.05 Å². The number of carbonyl (C=O) groups is 1. The van der Waals surface area contributed by atoms with Crippen LogP contribution in [0.3, 0.4) is 0 Å². The molecule has 0 unspecified atom stereocenters. The minimum absolute atomic E-state index is 0.0724. The van der Waals surface area contributed by atoms with E-state index >= 15 is 0 Å². The van der Waals surface area contributed by atoms with E-state index in [1.165, 1.54) is 4.90 Å². The molecule has 94 valence electrons. The van der Waals surface area contributed by atoms with Gasteiger partial charge in [0.2, 0.25) is 0 Å². The summed E-state index contributed by atoms with van der Waals surface area (Å²) in [6.07, 6.45) is 3.28. The maximum absolute atomic E-state index is 11.7. The summed E-state index contributed by atoms with van der Waals surface area (Å²) in [6.45, 7) is 0.646. The van der Waals surface area contributed by atoms with Crippen LogP contribution in [0.25, 0.3) is 0 Å². The summed E-state index contributed by atoms with van der Waals surface area (Å²) in [6, 6.07) is 10.1. The van der Waals surface area contributed by atoms with Gasteiger partial charge in [-0.25, -0.2) is 0 Å². The SMILES string of the molecule is Cn1cc(C(=O)NCCSc2ccccc2)cn1. The Kier molecular flexibility index (Phi) is 4.41. The number of amides is 1. The maximum atomic E-state index is 11.7. The van der Waals surface area contributed by atoms with Crippen LogP contribution in [0.15, 0.2) is 47.6 Å². The van der Waals surface area contributed by atoms with Gasteiger partial charge in [-0.3, -0.25) is 9.48 Å². The predicted molar refractivity (Wildman–Crippen MR) is 72.7 cm³/mol. The zero-order valence-electron chi connectivity index (χ0n) is 10.2. The Morgan fingerprint density at radius 1 is 1.39 bits per heavy atom.